The quantitative estimate of drug-likeness (QED) is 0.657. The predicted octanol–water partition coefficient (Wildman–Crippen LogP) is 3.74. The Labute approximate surface area is 180 Å². The van der Waals surface area contributed by atoms with Gasteiger partial charge in [0, 0.05) is 49.0 Å². The molecule has 1 aromatic heterocycles. The highest BCUT2D eigenvalue weighted by atomic mass is 16.5. The van der Waals surface area contributed by atoms with E-state index in [-0.39, 0.29) is 18.4 Å². The largest absolute Gasteiger partial charge is 0.497 e. The summed E-state index contributed by atoms with van der Waals surface area (Å²) in [5.41, 5.74) is 3.22. The summed E-state index contributed by atoms with van der Waals surface area (Å²) in [6.45, 7) is 1.11. The molecule has 0 bridgehead atoms. The molecule has 4 rings (SSSR count). The van der Waals surface area contributed by atoms with E-state index >= 15 is 0 Å². The molecule has 3 aromatic rings. The molecule has 0 unspecified atom stereocenters. The van der Waals surface area contributed by atoms with Crippen molar-refractivity contribution < 1.29 is 23.5 Å². The van der Waals surface area contributed by atoms with E-state index in [4.69, 9.17) is 13.9 Å². The van der Waals surface area contributed by atoms with Gasteiger partial charge in [0.1, 0.15) is 23.9 Å². The molecule has 160 valence electrons. The number of nitrogens with zero attached hydrogens (tertiary/aromatic N) is 1. The third kappa shape index (κ3) is 4.62. The number of rotatable bonds is 6. The van der Waals surface area contributed by atoms with Gasteiger partial charge in [0.05, 0.1) is 7.11 Å². The lowest BCUT2D eigenvalue weighted by molar-refractivity contribution is -0.119. The lowest BCUT2D eigenvalue weighted by Crippen LogP contribution is -2.35. The van der Waals surface area contributed by atoms with Crippen LogP contribution < -0.4 is 10.1 Å². The SMILES string of the molecule is COCC(=O)Nc1ccc(-c2cc3c(o2)CCN(C(=O)c2cccc(OC)c2)C3)cc1. The number of carbonyl (C=O) groups excluding carboxylic acids is 2. The van der Waals surface area contributed by atoms with Gasteiger partial charge in [-0.25, -0.2) is 0 Å². The second-order valence-corrected chi connectivity index (χ2v) is 7.33. The molecule has 0 atom stereocenters. The van der Waals surface area contributed by atoms with Crippen molar-refractivity contribution in [3.63, 3.8) is 0 Å². The van der Waals surface area contributed by atoms with Crippen LogP contribution in [0.15, 0.2) is 59.0 Å². The van der Waals surface area contributed by atoms with Crippen LogP contribution in [0.1, 0.15) is 21.7 Å². The Morgan fingerprint density at radius 3 is 2.65 bits per heavy atom. The van der Waals surface area contributed by atoms with Crippen LogP contribution in [0.3, 0.4) is 0 Å². The number of benzene rings is 2. The number of amides is 2. The van der Waals surface area contributed by atoms with Gasteiger partial charge in [0.15, 0.2) is 0 Å². The summed E-state index contributed by atoms with van der Waals surface area (Å²) in [6, 6.07) is 16.6. The first kappa shape index (κ1) is 20.7. The van der Waals surface area contributed by atoms with Gasteiger partial charge < -0.3 is 24.1 Å². The minimum Gasteiger partial charge on any atom is -0.497 e. The molecule has 0 saturated heterocycles. The van der Waals surface area contributed by atoms with Crippen LogP contribution in [0.2, 0.25) is 0 Å². The molecule has 1 aliphatic rings. The molecule has 2 heterocycles. The van der Waals surface area contributed by atoms with Crippen LogP contribution in [-0.2, 0) is 22.5 Å². The standard InChI is InChI=1S/C24H24N2O5/c1-29-15-23(27)25-19-8-6-16(7-9-19)22-13-18-14-26(11-10-21(18)31-22)24(28)17-4-3-5-20(12-17)30-2/h3-9,12-13H,10-11,14-15H2,1-2H3,(H,25,27). The molecule has 0 spiro atoms. The smallest absolute Gasteiger partial charge is 0.254 e. The van der Waals surface area contributed by atoms with Gasteiger partial charge in [-0.1, -0.05) is 6.07 Å². The van der Waals surface area contributed by atoms with Gasteiger partial charge >= 0.3 is 0 Å². The Morgan fingerprint density at radius 1 is 1.10 bits per heavy atom. The molecule has 0 aliphatic carbocycles. The molecular weight excluding hydrogens is 396 g/mol. The molecule has 1 aliphatic heterocycles. The first-order chi connectivity index (χ1) is 15.1. The van der Waals surface area contributed by atoms with Crippen LogP contribution >= 0.6 is 0 Å². The maximum absolute atomic E-state index is 12.9. The Bertz CT molecular complexity index is 1090. The molecular formula is C24H24N2O5. The van der Waals surface area contributed by atoms with Crippen molar-refractivity contribution in [2.24, 2.45) is 0 Å². The van der Waals surface area contributed by atoms with Crippen LogP contribution in [0.25, 0.3) is 11.3 Å². The number of furan rings is 1. The number of nitrogens with one attached hydrogen (secondary N) is 1. The van der Waals surface area contributed by atoms with Gasteiger partial charge in [-0.15, -0.1) is 0 Å². The van der Waals surface area contributed by atoms with Crippen molar-refractivity contribution in [1.82, 2.24) is 4.90 Å². The summed E-state index contributed by atoms with van der Waals surface area (Å²) >= 11 is 0. The number of hydrogen-bond acceptors (Lipinski definition) is 5. The molecule has 0 radical (unpaired) electrons. The van der Waals surface area contributed by atoms with E-state index < -0.39 is 0 Å². The van der Waals surface area contributed by atoms with E-state index in [0.717, 1.165) is 22.6 Å². The summed E-state index contributed by atoms with van der Waals surface area (Å²) in [7, 11) is 3.07. The van der Waals surface area contributed by atoms with Gasteiger partial charge in [-0.05, 0) is 48.5 Å². The minimum absolute atomic E-state index is 0.0115. The third-order valence-electron chi connectivity index (χ3n) is 5.20. The summed E-state index contributed by atoms with van der Waals surface area (Å²) in [5, 5.41) is 2.76. The number of ether oxygens (including phenoxy) is 2. The molecule has 0 fully saturated rings. The highest BCUT2D eigenvalue weighted by Gasteiger charge is 2.25. The van der Waals surface area contributed by atoms with E-state index in [9.17, 15) is 9.59 Å². The number of fused-ring (bicyclic) bond motifs is 1. The Kier molecular flexibility index (Phi) is 6.04. The predicted molar refractivity (Wildman–Crippen MR) is 116 cm³/mol. The normalized spacial score (nSPS) is 12.9. The highest BCUT2D eigenvalue weighted by Crippen LogP contribution is 2.31. The number of hydrogen-bond donors (Lipinski definition) is 1. The highest BCUT2D eigenvalue weighted by molar-refractivity contribution is 5.94. The number of anilines is 1. The van der Waals surface area contributed by atoms with Crippen molar-refractivity contribution in [2.75, 3.05) is 32.7 Å². The molecule has 2 amide bonds. The Morgan fingerprint density at radius 2 is 1.90 bits per heavy atom. The topological polar surface area (TPSA) is 81.0 Å². The van der Waals surface area contributed by atoms with E-state index in [2.05, 4.69) is 5.32 Å². The summed E-state index contributed by atoms with van der Waals surface area (Å²) < 4.78 is 16.1. The molecule has 1 N–H and O–H groups in total. The van der Waals surface area contributed by atoms with Gasteiger partial charge in [-0.3, -0.25) is 9.59 Å². The zero-order valence-electron chi connectivity index (χ0n) is 17.5. The summed E-state index contributed by atoms with van der Waals surface area (Å²) in [5.74, 6) is 2.08. The van der Waals surface area contributed by atoms with Gasteiger partial charge in [-0.2, -0.15) is 0 Å². The maximum Gasteiger partial charge on any atom is 0.254 e. The first-order valence-electron chi connectivity index (χ1n) is 10.0. The number of carbonyl (C=O) groups is 2. The molecule has 2 aromatic carbocycles. The van der Waals surface area contributed by atoms with Crippen molar-refractivity contribution in [2.45, 2.75) is 13.0 Å². The van der Waals surface area contributed by atoms with E-state index in [1.165, 1.54) is 7.11 Å². The van der Waals surface area contributed by atoms with Gasteiger partial charge in [0.2, 0.25) is 5.91 Å². The van der Waals surface area contributed by atoms with Crippen molar-refractivity contribution in [3.05, 3.63) is 71.5 Å². The fourth-order valence-electron chi connectivity index (χ4n) is 3.63. The average molecular weight is 420 g/mol. The van der Waals surface area contributed by atoms with E-state index in [1.807, 2.05) is 47.4 Å². The monoisotopic (exact) mass is 420 g/mol. The Balaban J connectivity index is 1.47. The second kappa shape index (κ2) is 9.06. The fraction of sp³-hybridized carbons (Fsp3) is 0.250. The summed E-state index contributed by atoms with van der Waals surface area (Å²) in [6.07, 6.45) is 0.663. The first-order valence-corrected chi connectivity index (χ1v) is 10.0. The van der Waals surface area contributed by atoms with Crippen LogP contribution in [0.4, 0.5) is 5.69 Å². The zero-order valence-corrected chi connectivity index (χ0v) is 17.5. The van der Waals surface area contributed by atoms with Crippen molar-refractivity contribution in [3.8, 4) is 17.1 Å². The maximum atomic E-state index is 12.9. The minimum atomic E-state index is -0.204. The van der Waals surface area contributed by atoms with Crippen LogP contribution in [0, 0.1) is 0 Å². The zero-order chi connectivity index (χ0) is 21.8. The lowest BCUT2D eigenvalue weighted by atomic mass is 10.1. The molecule has 7 heteroatoms. The van der Waals surface area contributed by atoms with E-state index in [1.54, 1.807) is 19.2 Å². The van der Waals surface area contributed by atoms with Gasteiger partial charge in [0.25, 0.3) is 5.91 Å². The average Bonchev–Trinajstić information content (AvgIpc) is 3.22. The van der Waals surface area contributed by atoms with Crippen molar-refractivity contribution >= 4 is 17.5 Å². The fourth-order valence-corrected chi connectivity index (χ4v) is 3.63. The Hall–Kier alpha value is -3.58. The number of methoxy groups -OCH3 is 2. The molecule has 31 heavy (non-hydrogen) atoms. The molecule has 0 saturated carbocycles. The lowest BCUT2D eigenvalue weighted by Gasteiger charge is -2.26. The summed E-state index contributed by atoms with van der Waals surface area (Å²) in [4.78, 5) is 26.4. The van der Waals surface area contributed by atoms with Crippen molar-refractivity contribution in [1.29, 1.82) is 0 Å². The van der Waals surface area contributed by atoms with Crippen LogP contribution in [0.5, 0.6) is 5.75 Å². The second-order valence-electron chi connectivity index (χ2n) is 7.33. The van der Waals surface area contributed by atoms with Crippen LogP contribution in [-0.4, -0.2) is 44.1 Å². The third-order valence-corrected chi connectivity index (χ3v) is 5.20. The molecule has 7 nitrogen and oxygen atoms in total. The van der Waals surface area contributed by atoms with E-state index in [0.29, 0.717) is 36.5 Å².